The summed E-state index contributed by atoms with van der Waals surface area (Å²) in [6, 6.07) is 11.6. The first kappa shape index (κ1) is 17.0. The average molecular weight is 338 g/mol. The lowest BCUT2D eigenvalue weighted by atomic mass is 10.1. The molecule has 0 atom stereocenters. The van der Waals surface area contributed by atoms with E-state index in [1.165, 1.54) is 0 Å². The molecule has 0 saturated carbocycles. The number of aromatic nitrogens is 3. The molecule has 1 N–H and O–H groups in total. The molecule has 0 unspecified atom stereocenters. The number of anilines is 1. The molecule has 0 aliphatic rings. The van der Waals surface area contributed by atoms with E-state index >= 15 is 0 Å². The zero-order valence-corrected chi connectivity index (χ0v) is 14.7. The number of ether oxygens (including phenoxy) is 1. The van der Waals surface area contributed by atoms with E-state index in [1.54, 1.807) is 7.11 Å². The number of hydrogen-bond acceptors (Lipinski definition) is 6. The van der Waals surface area contributed by atoms with Crippen LogP contribution in [0.15, 0.2) is 40.9 Å². The second kappa shape index (κ2) is 7.79. The summed E-state index contributed by atoms with van der Waals surface area (Å²) in [4.78, 5) is 0. The van der Waals surface area contributed by atoms with Crippen molar-refractivity contribution in [3.8, 4) is 17.0 Å². The van der Waals surface area contributed by atoms with E-state index < -0.39 is 0 Å². The molecule has 0 fully saturated rings. The van der Waals surface area contributed by atoms with Crippen LogP contribution < -0.4 is 10.1 Å². The maximum absolute atomic E-state index is 5.39. The Labute approximate surface area is 147 Å². The highest BCUT2D eigenvalue weighted by Gasteiger charge is 2.13. The van der Waals surface area contributed by atoms with Crippen molar-refractivity contribution in [3.05, 3.63) is 53.4 Å². The summed E-state index contributed by atoms with van der Waals surface area (Å²) < 4.78 is 10.8. The standard InChI is InChI=1S/C19H22N4O2/c1-4-15-14(17(5-2)25-23-15)12-20-19-11-10-16(21-22-19)13-8-6-7-9-18(13)24-3/h6-11H,4-5,12H2,1-3H3,(H,20,22). The fourth-order valence-electron chi connectivity index (χ4n) is 2.74. The third-order valence-corrected chi connectivity index (χ3v) is 4.10. The number of para-hydroxylation sites is 1. The number of methoxy groups -OCH3 is 1. The second-order valence-corrected chi connectivity index (χ2v) is 5.60. The van der Waals surface area contributed by atoms with E-state index in [4.69, 9.17) is 9.26 Å². The highest BCUT2D eigenvalue weighted by molar-refractivity contribution is 5.67. The number of hydrogen-bond donors (Lipinski definition) is 1. The van der Waals surface area contributed by atoms with E-state index in [0.29, 0.717) is 12.4 Å². The Morgan fingerprint density at radius 1 is 1.04 bits per heavy atom. The Bertz CT molecular complexity index is 806. The minimum atomic E-state index is 0.624. The van der Waals surface area contributed by atoms with Gasteiger partial charge in [0.25, 0.3) is 0 Å². The van der Waals surface area contributed by atoms with Gasteiger partial charge in [0.15, 0.2) is 0 Å². The number of rotatable bonds is 7. The van der Waals surface area contributed by atoms with Gasteiger partial charge >= 0.3 is 0 Å². The predicted octanol–water partition coefficient (Wildman–Crippen LogP) is 3.88. The Kier molecular flexibility index (Phi) is 5.28. The van der Waals surface area contributed by atoms with E-state index in [-0.39, 0.29) is 0 Å². The monoisotopic (exact) mass is 338 g/mol. The lowest BCUT2D eigenvalue weighted by Gasteiger charge is -2.09. The van der Waals surface area contributed by atoms with Crippen LogP contribution in [0.2, 0.25) is 0 Å². The van der Waals surface area contributed by atoms with Crippen LogP contribution in [0.5, 0.6) is 5.75 Å². The molecule has 0 saturated heterocycles. The molecule has 2 aromatic heterocycles. The first-order valence-corrected chi connectivity index (χ1v) is 8.44. The maximum Gasteiger partial charge on any atom is 0.148 e. The van der Waals surface area contributed by atoms with Crippen LogP contribution in [0.4, 0.5) is 5.82 Å². The molecule has 1 aromatic carbocycles. The van der Waals surface area contributed by atoms with Gasteiger partial charge in [-0.1, -0.05) is 31.1 Å². The van der Waals surface area contributed by atoms with Crippen LogP contribution in [0.25, 0.3) is 11.3 Å². The number of benzene rings is 1. The lowest BCUT2D eigenvalue weighted by Crippen LogP contribution is -2.05. The first-order chi connectivity index (χ1) is 12.3. The quantitative estimate of drug-likeness (QED) is 0.705. The van der Waals surface area contributed by atoms with Crippen LogP contribution >= 0.6 is 0 Å². The minimum Gasteiger partial charge on any atom is -0.496 e. The van der Waals surface area contributed by atoms with Crippen LogP contribution in [0.1, 0.15) is 30.9 Å². The van der Waals surface area contributed by atoms with Crippen LogP contribution in [0, 0.1) is 0 Å². The van der Waals surface area contributed by atoms with Gasteiger partial charge in [-0.15, -0.1) is 10.2 Å². The number of nitrogens with one attached hydrogen (secondary N) is 1. The largest absolute Gasteiger partial charge is 0.496 e. The highest BCUT2D eigenvalue weighted by atomic mass is 16.5. The molecule has 0 aliphatic heterocycles. The molecule has 6 nitrogen and oxygen atoms in total. The van der Waals surface area contributed by atoms with Gasteiger partial charge in [-0.2, -0.15) is 0 Å². The SMILES string of the molecule is CCc1noc(CC)c1CNc1ccc(-c2ccccc2OC)nn1. The molecule has 3 rings (SSSR count). The van der Waals surface area contributed by atoms with E-state index in [1.807, 2.05) is 36.4 Å². The second-order valence-electron chi connectivity index (χ2n) is 5.60. The highest BCUT2D eigenvalue weighted by Crippen LogP contribution is 2.28. The topological polar surface area (TPSA) is 73.1 Å². The molecule has 3 aromatic rings. The molecule has 130 valence electrons. The van der Waals surface area contributed by atoms with Crippen LogP contribution in [-0.2, 0) is 19.4 Å². The molecule has 2 heterocycles. The van der Waals surface area contributed by atoms with Crippen molar-refractivity contribution in [2.75, 3.05) is 12.4 Å². The summed E-state index contributed by atoms with van der Waals surface area (Å²) in [5.74, 6) is 2.41. The molecule has 0 spiro atoms. The minimum absolute atomic E-state index is 0.624. The van der Waals surface area contributed by atoms with Gasteiger partial charge in [-0.25, -0.2) is 0 Å². The molecule has 0 aliphatic carbocycles. The Hall–Kier alpha value is -2.89. The summed E-state index contributed by atoms with van der Waals surface area (Å²) in [6.07, 6.45) is 1.67. The van der Waals surface area contributed by atoms with Crippen LogP contribution in [-0.4, -0.2) is 22.5 Å². The molecule has 0 amide bonds. The van der Waals surface area contributed by atoms with Gasteiger partial charge in [0.2, 0.25) is 0 Å². The Morgan fingerprint density at radius 3 is 2.56 bits per heavy atom. The third kappa shape index (κ3) is 3.63. The summed E-state index contributed by atoms with van der Waals surface area (Å²) in [7, 11) is 1.65. The summed E-state index contributed by atoms with van der Waals surface area (Å²) in [6.45, 7) is 4.76. The Morgan fingerprint density at radius 2 is 1.88 bits per heavy atom. The van der Waals surface area contributed by atoms with Crippen molar-refractivity contribution in [1.29, 1.82) is 0 Å². The fourth-order valence-corrected chi connectivity index (χ4v) is 2.74. The van der Waals surface area contributed by atoms with Gasteiger partial charge < -0.3 is 14.6 Å². The zero-order chi connectivity index (χ0) is 17.6. The van der Waals surface area contributed by atoms with Gasteiger partial charge in [-0.05, 0) is 30.7 Å². The van der Waals surface area contributed by atoms with Crippen molar-refractivity contribution >= 4 is 5.82 Å². The normalized spacial score (nSPS) is 10.7. The summed E-state index contributed by atoms with van der Waals surface area (Å²) >= 11 is 0. The smallest absolute Gasteiger partial charge is 0.148 e. The number of nitrogens with zero attached hydrogens (tertiary/aromatic N) is 3. The molecule has 0 radical (unpaired) electrons. The van der Waals surface area contributed by atoms with Crippen molar-refractivity contribution in [1.82, 2.24) is 15.4 Å². The predicted molar refractivity (Wildman–Crippen MR) is 96.6 cm³/mol. The van der Waals surface area contributed by atoms with Gasteiger partial charge in [0.1, 0.15) is 17.3 Å². The zero-order valence-electron chi connectivity index (χ0n) is 14.7. The molecular formula is C19H22N4O2. The van der Waals surface area contributed by atoms with Gasteiger partial charge in [0, 0.05) is 24.1 Å². The lowest BCUT2D eigenvalue weighted by molar-refractivity contribution is 0.380. The molecule has 25 heavy (non-hydrogen) atoms. The van der Waals surface area contributed by atoms with Crippen molar-refractivity contribution < 1.29 is 9.26 Å². The molecule has 0 bridgehead atoms. The fraction of sp³-hybridized carbons (Fsp3) is 0.316. The van der Waals surface area contributed by atoms with Crippen molar-refractivity contribution in [2.24, 2.45) is 0 Å². The van der Waals surface area contributed by atoms with Gasteiger partial charge in [-0.3, -0.25) is 0 Å². The summed E-state index contributed by atoms with van der Waals surface area (Å²) in [5, 5.41) is 16.0. The average Bonchev–Trinajstić information content (AvgIpc) is 3.08. The summed E-state index contributed by atoms with van der Waals surface area (Å²) in [5.41, 5.74) is 3.80. The first-order valence-electron chi connectivity index (χ1n) is 8.44. The Balaban J connectivity index is 1.74. The van der Waals surface area contributed by atoms with Crippen molar-refractivity contribution in [2.45, 2.75) is 33.2 Å². The third-order valence-electron chi connectivity index (χ3n) is 4.10. The molecular weight excluding hydrogens is 316 g/mol. The van der Waals surface area contributed by atoms with Gasteiger partial charge in [0.05, 0.1) is 18.5 Å². The van der Waals surface area contributed by atoms with Crippen LogP contribution in [0.3, 0.4) is 0 Å². The number of aryl methyl sites for hydroxylation is 2. The van der Waals surface area contributed by atoms with E-state index in [2.05, 4.69) is 34.5 Å². The molecule has 6 heteroatoms. The van der Waals surface area contributed by atoms with E-state index in [9.17, 15) is 0 Å². The van der Waals surface area contributed by atoms with E-state index in [0.717, 1.165) is 46.9 Å². The van der Waals surface area contributed by atoms with Crippen molar-refractivity contribution in [3.63, 3.8) is 0 Å². The maximum atomic E-state index is 5.39.